The van der Waals surface area contributed by atoms with Gasteiger partial charge in [0.1, 0.15) is 0 Å². The minimum Gasteiger partial charge on any atom is -0.340 e. The van der Waals surface area contributed by atoms with E-state index in [2.05, 4.69) is 0 Å². The highest BCUT2D eigenvalue weighted by Crippen LogP contribution is 2.13. The number of likely N-dealkylation sites (tertiary alicyclic amines) is 1. The maximum absolute atomic E-state index is 11.9. The van der Waals surface area contributed by atoms with Crippen LogP contribution in [0, 0.1) is 0 Å². The molecule has 2 amide bonds. The Bertz CT molecular complexity index is 277. The van der Waals surface area contributed by atoms with E-state index in [1.54, 1.807) is 4.90 Å². The molecule has 0 spiro atoms. The maximum atomic E-state index is 11.9. The summed E-state index contributed by atoms with van der Waals surface area (Å²) in [6.45, 7) is 2.73. The second kappa shape index (κ2) is 5.57. The number of carbonyl (C=O) groups is 2. The minimum absolute atomic E-state index is 0.121. The normalized spacial score (nSPS) is 22.4. The van der Waals surface area contributed by atoms with Crippen LogP contribution in [0.5, 0.6) is 0 Å². The second-order valence-electron chi connectivity index (χ2n) is 4.27. The molecule has 0 aromatic heterocycles. The predicted molar refractivity (Wildman–Crippen MR) is 64.3 cm³/mol. The number of hydrogen-bond donors (Lipinski definition) is 0. The first-order valence-electron chi connectivity index (χ1n) is 5.90. The molecule has 0 aromatic carbocycles. The fraction of sp³-hybridized carbons (Fsp3) is 0.818. The van der Waals surface area contributed by atoms with E-state index in [4.69, 9.17) is 0 Å². The van der Waals surface area contributed by atoms with Crippen molar-refractivity contribution in [3.05, 3.63) is 0 Å². The zero-order valence-corrected chi connectivity index (χ0v) is 10.3. The summed E-state index contributed by atoms with van der Waals surface area (Å²) >= 11 is 1.89. The Labute approximate surface area is 100 Å². The van der Waals surface area contributed by atoms with Crippen molar-refractivity contribution in [2.75, 3.05) is 37.7 Å². The molecule has 0 aliphatic carbocycles. The van der Waals surface area contributed by atoms with Crippen LogP contribution in [0.25, 0.3) is 0 Å². The van der Waals surface area contributed by atoms with Gasteiger partial charge in [-0.15, -0.1) is 0 Å². The highest BCUT2D eigenvalue weighted by atomic mass is 32.2. The van der Waals surface area contributed by atoms with Gasteiger partial charge in [-0.1, -0.05) is 0 Å². The molecular formula is C11H18N2O2S. The molecule has 5 heteroatoms. The summed E-state index contributed by atoms with van der Waals surface area (Å²) in [5, 5.41) is 0. The topological polar surface area (TPSA) is 40.6 Å². The molecule has 0 unspecified atom stereocenters. The molecule has 2 fully saturated rings. The highest BCUT2D eigenvalue weighted by Gasteiger charge is 2.24. The standard InChI is InChI=1S/C11H18N2O2S/c14-10-3-1-2-4-13(10)9-11(15)12-5-7-16-8-6-12/h1-9H2. The van der Waals surface area contributed by atoms with E-state index < -0.39 is 0 Å². The van der Waals surface area contributed by atoms with Gasteiger partial charge in [0.15, 0.2) is 0 Å². The van der Waals surface area contributed by atoms with Crippen molar-refractivity contribution in [1.82, 2.24) is 9.80 Å². The Balaban J connectivity index is 1.83. The lowest BCUT2D eigenvalue weighted by Gasteiger charge is -2.31. The Morgan fingerprint density at radius 1 is 1.19 bits per heavy atom. The average molecular weight is 242 g/mol. The number of piperidine rings is 1. The molecule has 0 aromatic rings. The number of hydrogen-bond acceptors (Lipinski definition) is 3. The summed E-state index contributed by atoms with van der Waals surface area (Å²) in [7, 11) is 0. The van der Waals surface area contributed by atoms with Gasteiger partial charge in [0.25, 0.3) is 0 Å². The first kappa shape index (κ1) is 11.8. The summed E-state index contributed by atoms with van der Waals surface area (Å²) in [6.07, 6.45) is 2.63. The van der Waals surface area contributed by atoms with Crippen LogP contribution in [0.4, 0.5) is 0 Å². The SMILES string of the molecule is O=C(CN1CCCCC1=O)N1CCSCC1. The van der Waals surface area contributed by atoms with Crippen LogP contribution in [0.3, 0.4) is 0 Å². The van der Waals surface area contributed by atoms with Crippen molar-refractivity contribution in [1.29, 1.82) is 0 Å². The van der Waals surface area contributed by atoms with Gasteiger partial charge in [-0.25, -0.2) is 0 Å². The van der Waals surface area contributed by atoms with Crippen LogP contribution in [-0.4, -0.2) is 59.3 Å². The first-order valence-corrected chi connectivity index (χ1v) is 7.06. The van der Waals surface area contributed by atoms with E-state index in [9.17, 15) is 9.59 Å². The van der Waals surface area contributed by atoms with Gasteiger partial charge in [-0.05, 0) is 12.8 Å². The van der Waals surface area contributed by atoms with Gasteiger partial charge in [-0.2, -0.15) is 11.8 Å². The van der Waals surface area contributed by atoms with Crippen molar-refractivity contribution >= 4 is 23.6 Å². The summed E-state index contributed by atoms with van der Waals surface area (Å²) in [4.78, 5) is 27.1. The van der Waals surface area contributed by atoms with E-state index in [1.807, 2.05) is 16.7 Å². The first-order chi connectivity index (χ1) is 7.77. The zero-order valence-electron chi connectivity index (χ0n) is 9.48. The Morgan fingerprint density at radius 2 is 1.94 bits per heavy atom. The van der Waals surface area contributed by atoms with E-state index in [0.717, 1.165) is 44.0 Å². The Morgan fingerprint density at radius 3 is 2.62 bits per heavy atom. The minimum atomic E-state index is 0.121. The van der Waals surface area contributed by atoms with Gasteiger partial charge in [0.05, 0.1) is 6.54 Å². The Kier molecular flexibility index (Phi) is 4.09. The molecule has 2 aliphatic heterocycles. The second-order valence-corrected chi connectivity index (χ2v) is 5.49. The maximum Gasteiger partial charge on any atom is 0.242 e. The van der Waals surface area contributed by atoms with Crippen molar-refractivity contribution < 1.29 is 9.59 Å². The molecule has 2 saturated heterocycles. The predicted octanol–water partition coefficient (Wildman–Crippen LogP) is 0.574. The highest BCUT2D eigenvalue weighted by molar-refractivity contribution is 7.99. The number of amides is 2. The van der Waals surface area contributed by atoms with Crippen molar-refractivity contribution in [3.8, 4) is 0 Å². The molecular weight excluding hydrogens is 224 g/mol. The molecule has 0 N–H and O–H groups in total. The smallest absolute Gasteiger partial charge is 0.242 e. The van der Waals surface area contributed by atoms with E-state index in [0.29, 0.717) is 13.0 Å². The van der Waals surface area contributed by atoms with Crippen molar-refractivity contribution in [2.24, 2.45) is 0 Å². The third kappa shape index (κ3) is 2.90. The summed E-state index contributed by atoms with van der Waals surface area (Å²) in [5.74, 6) is 2.32. The lowest BCUT2D eigenvalue weighted by Crippen LogP contribution is -2.47. The Hall–Kier alpha value is -0.710. The van der Waals surface area contributed by atoms with Gasteiger partial charge in [-0.3, -0.25) is 9.59 Å². The van der Waals surface area contributed by atoms with E-state index >= 15 is 0 Å². The molecule has 2 heterocycles. The lowest BCUT2D eigenvalue weighted by atomic mass is 10.1. The van der Waals surface area contributed by atoms with Crippen LogP contribution in [0.1, 0.15) is 19.3 Å². The van der Waals surface area contributed by atoms with Gasteiger partial charge in [0, 0.05) is 37.6 Å². The van der Waals surface area contributed by atoms with Crippen molar-refractivity contribution in [3.63, 3.8) is 0 Å². The summed E-state index contributed by atoms with van der Waals surface area (Å²) < 4.78 is 0. The van der Waals surface area contributed by atoms with Crippen LogP contribution < -0.4 is 0 Å². The summed E-state index contributed by atoms with van der Waals surface area (Å²) in [5.41, 5.74) is 0. The average Bonchev–Trinajstić information content (AvgIpc) is 2.33. The molecule has 0 bridgehead atoms. The quantitative estimate of drug-likeness (QED) is 0.711. The summed E-state index contributed by atoms with van der Waals surface area (Å²) in [6, 6.07) is 0. The molecule has 2 rings (SSSR count). The van der Waals surface area contributed by atoms with Crippen molar-refractivity contribution in [2.45, 2.75) is 19.3 Å². The monoisotopic (exact) mass is 242 g/mol. The molecule has 0 saturated carbocycles. The van der Waals surface area contributed by atoms with E-state index in [1.165, 1.54) is 0 Å². The molecule has 4 nitrogen and oxygen atoms in total. The lowest BCUT2D eigenvalue weighted by molar-refractivity contribution is -0.141. The third-order valence-corrected chi connectivity index (χ3v) is 4.05. The number of carbonyl (C=O) groups excluding carboxylic acids is 2. The van der Waals surface area contributed by atoms with Gasteiger partial charge in [0.2, 0.25) is 11.8 Å². The zero-order chi connectivity index (χ0) is 11.4. The largest absolute Gasteiger partial charge is 0.340 e. The molecule has 16 heavy (non-hydrogen) atoms. The van der Waals surface area contributed by atoms with Crippen LogP contribution in [-0.2, 0) is 9.59 Å². The molecule has 0 atom stereocenters. The number of rotatable bonds is 2. The fourth-order valence-corrected chi connectivity index (χ4v) is 3.01. The van der Waals surface area contributed by atoms with Gasteiger partial charge >= 0.3 is 0 Å². The van der Waals surface area contributed by atoms with Crippen LogP contribution in [0.15, 0.2) is 0 Å². The van der Waals surface area contributed by atoms with Gasteiger partial charge < -0.3 is 9.80 Å². The van der Waals surface area contributed by atoms with Crippen LogP contribution >= 0.6 is 11.8 Å². The molecule has 0 radical (unpaired) electrons. The van der Waals surface area contributed by atoms with E-state index in [-0.39, 0.29) is 11.8 Å². The molecule has 90 valence electrons. The van der Waals surface area contributed by atoms with Crippen LogP contribution in [0.2, 0.25) is 0 Å². The third-order valence-electron chi connectivity index (χ3n) is 3.11. The molecule has 2 aliphatic rings. The number of nitrogens with zero attached hydrogens (tertiary/aromatic N) is 2. The number of thioether (sulfide) groups is 1. The fourth-order valence-electron chi connectivity index (χ4n) is 2.10.